The van der Waals surface area contributed by atoms with Crippen molar-refractivity contribution in [3.8, 4) is 0 Å². The Hall–Kier alpha value is -1.32. The maximum Gasteiger partial charge on any atom is 0.134 e. The van der Waals surface area contributed by atoms with Crippen molar-refractivity contribution < 1.29 is 9.52 Å². The van der Waals surface area contributed by atoms with Gasteiger partial charge in [-0.3, -0.25) is 0 Å². The Morgan fingerprint density at radius 2 is 2.06 bits per heavy atom. The first-order valence-corrected chi connectivity index (χ1v) is 6.64. The number of aliphatic hydroxyl groups excluding tert-OH is 1. The van der Waals surface area contributed by atoms with Gasteiger partial charge < -0.3 is 14.8 Å². The molecule has 98 valence electrons. The SMILES string of the molecule is CCc1oc2ccccc2c1CNCC(O)CC. The molecule has 1 aromatic carbocycles. The van der Waals surface area contributed by atoms with Crippen LogP contribution in [0.5, 0.6) is 0 Å². The molecule has 18 heavy (non-hydrogen) atoms. The molecule has 1 heterocycles. The van der Waals surface area contributed by atoms with Gasteiger partial charge in [0.05, 0.1) is 6.10 Å². The van der Waals surface area contributed by atoms with E-state index in [1.807, 2.05) is 25.1 Å². The first-order valence-electron chi connectivity index (χ1n) is 6.64. The molecule has 0 amide bonds. The highest BCUT2D eigenvalue weighted by Crippen LogP contribution is 2.26. The predicted molar refractivity (Wildman–Crippen MR) is 73.6 cm³/mol. The maximum atomic E-state index is 9.54. The third-order valence-electron chi connectivity index (χ3n) is 3.26. The molecule has 0 spiro atoms. The van der Waals surface area contributed by atoms with Crippen molar-refractivity contribution in [1.29, 1.82) is 0 Å². The van der Waals surface area contributed by atoms with E-state index >= 15 is 0 Å². The minimum Gasteiger partial charge on any atom is -0.461 e. The molecular formula is C15H21NO2. The fourth-order valence-electron chi connectivity index (χ4n) is 2.14. The molecule has 0 aliphatic carbocycles. The Morgan fingerprint density at radius 3 is 2.78 bits per heavy atom. The van der Waals surface area contributed by atoms with Crippen LogP contribution in [0.1, 0.15) is 31.6 Å². The minimum atomic E-state index is -0.270. The van der Waals surface area contributed by atoms with Crippen LogP contribution in [0.4, 0.5) is 0 Å². The lowest BCUT2D eigenvalue weighted by Gasteiger charge is -2.09. The third kappa shape index (κ3) is 2.74. The number of fused-ring (bicyclic) bond motifs is 1. The van der Waals surface area contributed by atoms with Gasteiger partial charge in [0, 0.05) is 30.5 Å². The van der Waals surface area contributed by atoms with Gasteiger partial charge in [0.15, 0.2) is 0 Å². The lowest BCUT2D eigenvalue weighted by molar-refractivity contribution is 0.167. The van der Waals surface area contributed by atoms with Crippen LogP contribution in [-0.2, 0) is 13.0 Å². The van der Waals surface area contributed by atoms with Crippen molar-refractivity contribution in [3.63, 3.8) is 0 Å². The molecule has 2 N–H and O–H groups in total. The fraction of sp³-hybridized carbons (Fsp3) is 0.467. The van der Waals surface area contributed by atoms with E-state index in [0.29, 0.717) is 6.54 Å². The Balaban J connectivity index is 2.15. The number of nitrogens with one attached hydrogen (secondary N) is 1. The van der Waals surface area contributed by atoms with E-state index in [1.165, 1.54) is 10.9 Å². The van der Waals surface area contributed by atoms with Crippen LogP contribution in [0.25, 0.3) is 11.0 Å². The first kappa shape index (κ1) is 13.1. The zero-order valence-corrected chi connectivity index (χ0v) is 11.1. The smallest absolute Gasteiger partial charge is 0.134 e. The average Bonchev–Trinajstić information content (AvgIpc) is 2.77. The lowest BCUT2D eigenvalue weighted by atomic mass is 10.1. The zero-order valence-electron chi connectivity index (χ0n) is 11.1. The summed E-state index contributed by atoms with van der Waals surface area (Å²) in [6.45, 7) is 5.45. The number of para-hydroxylation sites is 1. The molecule has 0 saturated carbocycles. The average molecular weight is 247 g/mol. The first-order chi connectivity index (χ1) is 8.76. The van der Waals surface area contributed by atoms with E-state index in [1.54, 1.807) is 0 Å². The number of rotatable bonds is 6. The van der Waals surface area contributed by atoms with Gasteiger partial charge in [-0.15, -0.1) is 0 Å². The monoisotopic (exact) mass is 247 g/mol. The summed E-state index contributed by atoms with van der Waals surface area (Å²) < 4.78 is 5.83. The summed E-state index contributed by atoms with van der Waals surface area (Å²) >= 11 is 0. The molecule has 0 bridgehead atoms. The molecule has 0 aliphatic rings. The van der Waals surface area contributed by atoms with Crippen molar-refractivity contribution in [2.45, 2.75) is 39.3 Å². The molecular weight excluding hydrogens is 226 g/mol. The number of aliphatic hydroxyl groups is 1. The number of benzene rings is 1. The second-order valence-corrected chi connectivity index (χ2v) is 4.55. The molecule has 3 heteroatoms. The second kappa shape index (κ2) is 6.03. The molecule has 0 radical (unpaired) electrons. The van der Waals surface area contributed by atoms with E-state index in [4.69, 9.17) is 4.42 Å². The van der Waals surface area contributed by atoms with Gasteiger partial charge >= 0.3 is 0 Å². The van der Waals surface area contributed by atoms with Crippen LogP contribution in [-0.4, -0.2) is 17.8 Å². The van der Waals surface area contributed by atoms with E-state index < -0.39 is 0 Å². The van der Waals surface area contributed by atoms with Crippen LogP contribution < -0.4 is 5.32 Å². The van der Waals surface area contributed by atoms with Crippen molar-refractivity contribution in [2.24, 2.45) is 0 Å². The van der Waals surface area contributed by atoms with Gasteiger partial charge in [0.2, 0.25) is 0 Å². The molecule has 1 unspecified atom stereocenters. The van der Waals surface area contributed by atoms with Crippen molar-refractivity contribution in [1.82, 2.24) is 5.32 Å². The van der Waals surface area contributed by atoms with Crippen LogP contribution in [0.2, 0.25) is 0 Å². The maximum absolute atomic E-state index is 9.54. The molecule has 3 nitrogen and oxygen atoms in total. The highest BCUT2D eigenvalue weighted by atomic mass is 16.3. The lowest BCUT2D eigenvalue weighted by Crippen LogP contribution is -2.25. The van der Waals surface area contributed by atoms with Crippen molar-refractivity contribution >= 4 is 11.0 Å². The minimum absolute atomic E-state index is 0.270. The van der Waals surface area contributed by atoms with Gasteiger partial charge in [0.25, 0.3) is 0 Å². The second-order valence-electron chi connectivity index (χ2n) is 4.55. The van der Waals surface area contributed by atoms with Gasteiger partial charge in [-0.05, 0) is 12.5 Å². The van der Waals surface area contributed by atoms with E-state index in [2.05, 4.69) is 18.3 Å². The standard InChI is InChI=1S/C15H21NO2/c1-3-11(17)9-16-10-13-12-7-5-6-8-15(12)18-14(13)4-2/h5-8,11,16-17H,3-4,9-10H2,1-2H3. The molecule has 0 aliphatic heterocycles. The highest BCUT2D eigenvalue weighted by Gasteiger charge is 2.12. The molecule has 1 aromatic heterocycles. The molecule has 2 aromatic rings. The van der Waals surface area contributed by atoms with Crippen molar-refractivity contribution in [2.75, 3.05) is 6.54 Å². The van der Waals surface area contributed by atoms with Crippen LogP contribution in [0, 0.1) is 0 Å². The third-order valence-corrected chi connectivity index (χ3v) is 3.26. The van der Waals surface area contributed by atoms with Gasteiger partial charge in [-0.1, -0.05) is 32.0 Å². The number of aryl methyl sites for hydroxylation is 1. The van der Waals surface area contributed by atoms with E-state index in [9.17, 15) is 5.11 Å². The normalized spacial score (nSPS) is 13.1. The Labute approximate surface area is 108 Å². The molecule has 0 fully saturated rings. The summed E-state index contributed by atoms with van der Waals surface area (Å²) in [5, 5.41) is 14.0. The molecule has 0 saturated heterocycles. The van der Waals surface area contributed by atoms with Crippen LogP contribution in [0.15, 0.2) is 28.7 Å². The largest absolute Gasteiger partial charge is 0.461 e. The Kier molecular flexibility index (Phi) is 4.39. The number of hydrogen-bond acceptors (Lipinski definition) is 3. The summed E-state index contributed by atoms with van der Waals surface area (Å²) in [6, 6.07) is 8.11. The topological polar surface area (TPSA) is 45.4 Å². The number of hydrogen-bond donors (Lipinski definition) is 2. The molecule has 2 rings (SSSR count). The van der Waals surface area contributed by atoms with E-state index in [-0.39, 0.29) is 6.10 Å². The quantitative estimate of drug-likeness (QED) is 0.825. The summed E-state index contributed by atoms with van der Waals surface area (Å²) in [5.41, 5.74) is 2.17. The zero-order chi connectivity index (χ0) is 13.0. The van der Waals surface area contributed by atoms with Crippen LogP contribution in [0.3, 0.4) is 0 Å². The van der Waals surface area contributed by atoms with Gasteiger partial charge in [-0.2, -0.15) is 0 Å². The fourth-order valence-corrected chi connectivity index (χ4v) is 2.14. The molecule has 1 atom stereocenters. The summed E-state index contributed by atoms with van der Waals surface area (Å²) in [6.07, 6.45) is 1.40. The summed E-state index contributed by atoms with van der Waals surface area (Å²) in [5.74, 6) is 1.04. The van der Waals surface area contributed by atoms with E-state index in [0.717, 1.165) is 30.7 Å². The van der Waals surface area contributed by atoms with Gasteiger partial charge in [0.1, 0.15) is 11.3 Å². The summed E-state index contributed by atoms with van der Waals surface area (Å²) in [4.78, 5) is 0. The Morgan fingerprint density at radius 1 is 1.28 bits per heavy atom. The van der Waals surface area contributed by atoms with Crippen molar-refractivity contribution in [3.05, 3.63) is 35.6 Å². The summed E-state index contributed by atoms with van der Waals surface area (Å²) in [7, 11) is 0. The highest BCUT2D eigenvalue weighted by molar-refractivity contribution is 5.82. The van der Waals surface area contributed by atoms with Crippen LogP contribution >= 0.6 is 0 Å². The van der Waals surface area contributed by atoms with Gasteiger partial charge in [-0.25, -0.2) is 0 Å². The predicted octanol–water partition coefficient (Wildman–Crippen LogP) is 2.86. The Bertz CT molecular complexity index is 504. The number of furan rings is 1.